The van der Waals surface area contributed by atoms with Crippen LogP contribution in [0.4, 0.5) is 6.01 Å². The Morgan fingerprint density at radius 3 is 2.58 bits per heavy atom. The normalized spacial score (nSPS) is 10.7. The van der Waals surface area contributed by atoms with Gasteiger partial charge in [-0.25, -0.2) is 0 Å². The minimum absolute atomic E-state index is 0.401. The highest BCUT2D eigenvalue weighted by Crippen LogP contribution is 2.24. The molecule has 0 unspecified atom stereocenters. The van der Waals surface area contributed by atoms with Gasteiger partial charge in [-0.2, -0.15) is 0 Å². The number of benzene rings is 2. The fourth-order valence-electron chi connectivity index (χ4n) is 2.83. The fraction of sp³-hybridized carbons (Fsp3) is 0.0952. The van der Waals surface area contributed by atoms with E-state index in [0.29, 0.717) is 18.5 Å². The number of rotatable bonds is 5. The van der Waals surface area contributed by atoms with E-state index in [1.165, 1.54) is 16.7 Å². The molecular weight excluding hydrogens is 324 g/mol. The first kappa shape index (κ1) is 16.0. The summed E-state index contributed by atoms with van der Waals surface area (Å²) in [7, 11) is 0. The Bertz CT molecular complexity index is 1010. The molecule has 128 valence electrons. The summed E-state index contributed by atoms with van der Waals surface area (Å²) in [6.07, 6.45) is 3.40. The summed E-state index contributed by atoms with van der Waals surface area (Å²) in [5.74, 6) is 0.476. The van der Waals surface area contributed by atoms with Gasteiger partial charge in [0.05, 0.1) is 0 Å². The van der Waals surface area contributed by atoms with Gasteiger partial charge in [0.1, 0.15) is 0 Å². The maximum Gasteiger partial charge on any atom is 0.316 e. The van der Waals surface area contributed by atoms with Crippen LogP contribution >= 0.6 is 0 Å². The Labute approximate surface area is 151 Å². The standard InChI is InChI=1S/C21H18N4O/c1-15-5-2-3-8-19(15)18-7-4-6-16(13-18)14-23-21-25-24-20(26-21)17-9-11-22-12-10-17/h2-13H,14H2,1H3,(H,23,25). The zero-order valence-electron chi connectivity index (χ0n) is 14.4. The third-order valence-electron chi connectivity index (χ3n) is 4.18. The molecule has 0 amide bonds. The van der Waals surface area contributed by atoms with Crippen molar-refractivity contribution in [3.05, 3.63) is 84.2 Å². The van der Waals surface area contributed by atoms with Crippen LogP contribution in [0.15, 0.2) is 77.5 Å². The monoisotopic (exact) mass is 342 g/mol. The molecule has 4 aromatic rings. The molecule has 5 nitrogen and oxygen atoms in total. The molecule has 0 aliphatic heterocycles. The average Bonchev–Trinajstić information content (AvgIpc) is 3.17. The van der Waals surface area contributed by atoms with Gasteiger partial charge in [0, 0.05) is 24.5 Å². The minimum atomic E-state index is 0.401. The molecule has 0 atom stereocenters. The summed E-state index contributed by atoms with van der Waals surface area (Å²) in [6.45, 7) is 2.73. The van der Waals surface area contributed by atoms with E-state index in [-0.39, 0.29) is 0 Å². The van der Waals surface area contributed by atoms with Crippen molar-refractivity contribution in [2.75, 3.05) is 5.32 Å². The second-order valence-electron chi connectivity index (χ2n) is 6.02. The summed E-state index contributed by atoms with van der Waals surface area (Å²) in [4.78, 5) is 3.99. The zero-order valence-corrected chi connectivity index (χ0v) is 14.4. The highest BCUT2D eigenvalue weighted by atomic mass is 16.4. The van der Waals surface area contributed by atoms with Crippen LogP contribution in [0.1, 0.15) is 11.1 Å². The molecule has 0 saturated heterocycles. The average molecular weight is 342 g/mol. The predicted octanol–water partition coefficient (Wildman–Crippen LogP) is 4.72. The maximum atomic E-state index is 5.66. The predicted molar refractivity (Wildman–Crippen MR) is 101 cm³/mol. The lowest BCUT2D eigenvalue weighted by molar-refractivity contribution is 0.581. The minimum Gasteiger partial charge on any atom is -0.403 e. The van der Waals surface area contributed by atoms with E-state index in [0.717, 1.165) is 11.1 Å². The summed E-state index contributed by atoms with van der Waals surface area (Å²) in [5, 5.41) is 11.3. The third-order valence-corrected chi connectivity index (χ3v) is 4.18. The molecule has 0 aliphatic carbocycles. The van der Waals surface area contributed by atoms with Crippen LogP contribution in [0.25, 0.3) is 22.6 Å². The highest BCUT2D eigenvalue weighted by Gasteiger charge is 2.08. The van der Waals surface area contributed by atoms with E-state index in [4.69, 9.17) is 4.42 Å². The van der Waals surface area contributed by atoms with Gasteiger partial charge in [-0.05, 0) is 47.4 Å². The molecule has 2 heterocycles. The molecule has 0 saturated carbocycles. The number of aromatic nitrogens is 3. The van der Waals surface area contributed by atoms with E-state index in [1.807, 2.05) is 12.1 Å². The number of pyridine rings is 1. The molecular formula is C21H18N4O. The van der Waals surface area contributed by atoms with Crippen LogP contribution in [0.5, 0.6) is 0 Å². The lowest BCUT2D eigenvalue weighted by Crippen LogP contribution is -1.99. The van der Waals surface area contributed by atoms with Crippen molar-refractivity contribution >= 4 is 6.01 Å². The van der Waals surface area contributed by atoms with Crippen LogP contribution in [-0.4, -0.2) is 15.2 Å². The van der Waals surface area contributed by atoms with Crippen molar-refractivity contribution in [1.29, 1.82) is 0 Å². The first-order valence-corrected chi connectivity index (χ1v) is 8.42. The van der Waals surface area contributed by atoms with Crippen LogP contribution < -0.4 is 5.32 Å². The second kappa shape index (κ2) is 7.19. The number of anilines is 1. The Balaban J connectivity index is 1.48. The number of nitrogens with zero attached hydrogens (tertiary/aromatic N) is 3. The van der Waals surface area contributed by atoms with Crippen LogP contribution in [0.2, 0.25) is 0 Å². The van der Waals surface area contributed by atoms with Crippen molar-refractivity contribution in [3.8, 4) is 22.6 Å². The number of hydrogen-bond donors (Lipinski definition) is 1. The number of nitrogens with one attached hydrogen (secondary N) is 1. The Morgan fingerprint density at radius 2 is 1.73 bits per heavy atom. The first-order valence-electron chi connectivity index (χ1n) is 8.42. The Morgan fingerprint density at radius 1 is 0.885 bits per heavy atom. The third kappa shape index (κ3) is 3.47. The van der Waals surface area contributed by atoms with Crippen LogP contribution in [0, 0.1) is 6.92 Å². The smallest absolute Gasteiger partial charge is 0.316 e. The molecule has 0 fully saturated rings. The fourth-order valence-corrected chi connectivity index (χ4v) is 2.83. The molecule has 0 bridgehead atoms. The molecule has 2 aromatic carbocycles. The number of aryl methyl sites for hydroxylation is 1. The summed E-state index contributed by atoms with van der Waals surface area (Å²) >= 11 is 0. The molecule has 1 N–H and O–H groups in total. The van der Waals surface area contributed by atoms with Gasteiger partial charge >= 0.3 is 6.01 Å². The summed E-state index contributed by atoms with van der Waals surface area (Å²) in [6, 6.07) is 20.9. The van der Waals surface area contributed by atoms with E-state index >= 15 is 0 Å². The molecule has 5 heteroatoms. The van der Waals surface area contributed by atoms with E-state index < -0.39 is 0 Å². The Kier molecular flexibility index (Phi) is 4.43. The molecule has 0 aliphatic rings. The Hall–Kier alpha value is -3.47. The quantitative estimate of drug-likeness (QED) is 0.568. The van der Waals surface area contributed by atoms with Gasteiger partial charge in [0.2, 0.25) is 5.89 Å². The lowest BCUT2D eigenvalue weighted by atomic mass is 9.99. The van der Waals surface area contributed by atoms with Gasteiger partial charge in [0.15, 0.2) is 0 Å². The van der Waals surface area contributed by atoms with Gasteiger partial charge in [-0.3, -0.25) is 4.98 Å². The molecule has 0 spiro atoms. The number of hydrogen-bond acceptors (Lipinski definition) is 5. The maximum absolute atomic E-state index is 5.66. The van der Waals surface area contributed by atoms with Crippen molar-refractivity contribution in [2.45, 2.75) is 13.5 Å². The van der Waals surface area contributed by atoms with Gasteiger partial charge in [-0.15, -0.1) is 5.10 Å². The first-order chi connectivity index (χ1) is 12.8. The van der Waals surface area contributed by atoms with Crippen molar-refractivity contribution in [2.24, 2.45) is 0 Å². The van der Waals surface area contributed by atoms with E-state index in [1.54, 1.807) is 12.4 Å². The van der Waals surface area contributed by atoms with Crippen molar-refractivity contribution < 1.29 is 4.42 Å². The highest BCUT2D eigenvalue weighted by molar-refractivity contribution is 5.67. The largest absolute Gasteiger partial charge is 0.403 e. The zero-order chi connectivity index (χ0) is 17.8. The van der Waals surface area contributed by atoms with Gasteiger partial charge in [-0.1, -0.05) is 47.6 Å². The van der Waals surface area contributed by atoms with Crippen molar-refractivity contribution in [3.63, 3.8) is 0 Å². The van der Waals surface area contributed by atoms with E-state index in [9.17, 15) is 0 Å². The van der Waals surface area contributed by atoms with Crippen LogP contribution in [-0.2, 0) is 6.54 Å². The molecule has 4 rings (SSSR count). The summed E-state index contributed by atoms with van der Waals surface area (Å²) in [5.41, 5.74) is 5.70. The molecule has 26 heavy (non-hydrogen) atoms. The molecule has 0 radical (unpaired) electrons. The van der Waals surface area contributed by atoms with Gasteiger partial charge < -0.3 is 9.73 Å². The van der Waals surface area contributed by atoms with Crippen LogP contribution in [0.3, 0.4) is 0 Å². The molecule has 2 aromatic heterocycles. The topological polar surface area (TPSA) is 63.8 Å². The van der Waals surface area contributed by atoms with Gasteiger partial charge in [0.25, 0.3) is 0 Å². The lowest BCUT2D eigenvalue weighted by Gasteiger charge is -2.08. The van der Waals surface area contributed by atoms with Crippen molar-refractivity contribution in [1.82, 2.24) is 15.2 Å². The second-order valence-corrected chi connectivity index (χ2v) is 6.02. The SMILES string of the molecule is Cc1ccccc1-c1cccc(CNc2nnc(-c3ccncc3)o2)c1. The summed E-state index contributed by atoms with van der Waals surface area (Å²) < 4.78 is 5.66. The van der Waals surface area contributed by atoms with E-state index in [2.05, 4.69) is 76.0 Å².